The lowest BCUT2D eigenvalue weighted by molar-refractivity contribution is 0.0697. The average molecular weight is 309 g/mol. The van der Waals surface area contributed by atoms with Gasteiger partial charge in [0.1, 0.15) is 0 Å². The number of amides is 1. The van der Waals surface area contributed by atoms with Crippen molar-refractivity contribution in [3.63, 3.8) is 0 Å². The van der Waals surface area contributed by atoms with Crippen LogP contribution < -0.4 is 5.32 Å². The van der Waals surface area contributed by atoms with E-state index in [1.54, 1.807) is 12.1 Å². The molecule has 0 radical (unpaired) electrons. The van der Waals surface area contributed by atoms with Crippen molar-refractivity contribution in [3.05, 3.63) is 70.8 Å². The Morgan fingerprint density at radius 1 is 1.04 bits per heavy atom. The van der Waals surface area contributed by atoms with E-state index in [0.717, 1.165) is 12.8 Å². The molecule has 2 aromatic rings. The maximum Gasteiger partial charge on any atom is 0.335 e. The Hall–Kier alpha value is -2.62. The van der Waals surface area contributed by atoms with E-state index in [-0.39, 0.29) is 16.9 Å². The van der Waals surface area contributed by atoms with Crippen LogP contribution in [0.1, 0.15) is 38.8 Å². The highest BCUT2D eigenvalue weighted by molar-refractivity contribution is 5.97. The molecule has 0 unspecified atom stereocenters. The van der Waals surface area contributed by atoms with Crippen LogP contribution in [0.5, 0.6) is 0 Å². The Kier molecular flexibility index (Phi) is 3.90. The van der Waals surface area contributed by atoms with E-state index in [4.69, 9.17) is 5.11 Å². The number of rotatable bonds is 4. The maximum absolute atomic E-state index is 12.3. The summed E-state index contributed by atoms with van der Waals surface area (Å²) in [4.78, 5) is 23.3. The van der Waals surface area contributed by atoms with Gasteiger partial charge in [-0.25, -0.2) is 4.79 Å². The maximum atomic E-state index is 12.3. The molecule has 0 spiro atoms. The van der Waals surface area contributed by atoms with Gasteiger partial charge in [-0.3, -0.25) is 4.79 Å². The smallest absolute Gasteiger partial charge is 0.335 e. The molecular formula is C19H19NO3. The Balaban J connectivity index is 1.66. The Bertz CT molecular complexity index is 742. The summed E-state index contributed by atoms with van der Waals surface area (Å²) in [7, 11) is 0. The van der Waals surface area contributed by atoms with Crippen molar-refractivity contribution in [1.82, 2.24) is 5.32 Å². The zero-order valence-electron chi connectivity index (χ0n) is 13.0. The first-order valence-electron chi connectivity index (χ1n) is 7.65. The fraction of sp³-hybridized carbons (Fsp3) is 0.263. The molecule has 1 amide bonds. The molecule has 0 aliphatic heterocycles. The molecule has 2 N–H and O–H groups in total. The van der Waals surface area contributed by atoms with Crippen molar-refractivity contribution in [2.45, 2.75) is 19.8 Å². The second-order valence-electron chi connectivity index (χ2n) is 6.50. The lowest BCUT2D eigenvalue weighted by atomic mass is 9.87. The Morgan fingerprint density at radius 2 is 1.65 bits per heavy atom. The largest absolute Gasteiger partial charge is 0.478 e. The zero-order chi connectivity index (χ0) is 16.4. The molecule has 0 saturated carbocycles. The summed E-state index contributed by atoms with van der Waals surface area (Å²) >= 11 is 0. The molecule has 23 heavy (non-hydrogen) atoms. The zero-order valence-corrected chi connectivity index (χ0v) is 13.0. The molecule has 0 aromatic heterocycles. The van der Waals surface area contributed by atoms with Gasteiger partial charge >= 0.3 is 5.97 Å². The van der Waals surface area contributed by atoms with Crippen LogP contribution in [0.25, 0.3) is 0 Å². The second kappa shape index (κ2) is 5.88. The molecular weight excluding hydrogens is 290 g/mol. The summed E-state index contributed by atoms with van der Waals surface area (Å²) in [6.45, 7) is 2.73. The highest BCUT2D eigenvalue weighted by atomic mass is 16.4. The van der Waals surface area contributed by atoms with Crippen LogP contribution in [0.15, 0.2) is 48.5 Å². The fourth-order valence-corrected chi connectivity index (χ4v) is 3.20. The number of nitrogens with one attached hydrogen (secondary N) is 1. The minimum Gasteiger partial charge on any atom is -0.478 e. The molecule has 3 rings (SSSR count). The second-order valence-corrected chi connectivity index (χ2v) is 6.50. The van der Waals surface area contributed by atoms with Crippen molar-refractivity contribution in [3.8, 4) is 0 Å². The number of aromatic carboxylic acids is 1. The Labute approximate surface area is 135 Å². The van der Waals surface area contributed by atoms with Gasteiger partial charge in [0.05, 0.1) is 5.56 Å². The molecule has 0 bridgehead atoms. The number of carboxylic acids is 1. The van der Waals surface area contributed by atoms with Crippen LogP contribution in [0.4, 0.5) is 0 Å². The first-order valence-corrected chi connectivity index (χ1v) is 7.65. The highest BCUT2D eigenvalue weighted by Crippen LogP contribution is 2.35. The van der Waals surface area contributed by atoms with Gasteiger partial charge in [-0.05, 0) is 47.6 Å². The monoisotopic (exact) mass is 309 g/mol. The summed E-state index contributed by atoms with van der Waals surface area (Å²) in [6, 6.07) is 14.5. The lowest BCUT2D eigenvalue weighted by Crippen LogP contribution is -2.36. The minimum absolute atomic E-state index is 0.00373. The molecule has 4 nitrogen and oxygen atoms in total. The topological polar surface area (TPSA) is 66.4 Å². The normalized spacial score (nSPS) is 15.0. The third-order valence-electron chi connectivity index (χ3n) is 4.40. The van der Waals surface area contributed by atoms with Crippen LogP contribution in [-0.2, 0) is 12.8 Å². The third-order valence-corrected chi connectivity index (χ3v) is 4.40. The van der Waals surface area contributed by atoms with Gasteiger partial charge in [-0.2, -0.15) is 0 Å². The van der Waals surface area contributed by atoms with Crippen molar-refractivity contribution >= 4 is 11.9 Å². The first-order chi connectivity index (χ1) is 11.0. The predicted molar refractivity (Wildman–Crippen MR) is 87.7 cm³/mol. The number of benzene rings is 2. The highest BCUT2D eigenvalue weighted by Gasteiger charge is 2.32. The molecule has 0 atom stereocenters. The van der Waals surface area contributed by atoms with Crippen LogP contribution in [0, 0.1) is 5.41 Å². The van der Waals surface area contributed by atoms with E-state index in [1.165, 1.54) is 23.3 Å². The van der Waals surface area contributed by atoms with Gasteiger partial charge in [0.25, 0.3) is 5.91 Å². The van der Waals surface area contributed by atoms with Gasteiger partial charge < -0.3 is 10.4 Å². The standard InChI is InChI=1S/C19H19NO3/c1-19(10-15-5-2-3-6-16(15)11-19)12-20-17(21)13-7-4-8-14(9-13)18(22)23/h2-9H,10-12H2,1H3,(H,20,21)(H,22,23). The molecule has 2 aromatic carbocycles. The summed E-state index contributed by atoms with van der Waals surface area (Å²) in [5, 5.41) is 12.0. The predicted octanol–water partition coefficient (Wildman–Crippen LogP) is 2.92. The van der Waals surface area contributed by atoms with Crippen LogP contribution >= 0.6 is 0 Å². The number of carbonyl (C=O) groups is 2. The van der Waals surface area contributed by atoms with Crippen LogP contribution in [0.2, 0.25) is 0 Å². The fourth-order valence-electron chi connectivity index (χ4n) is 3.20. The molecule has 118 valence electrons. The summed E-state index contributed by atoms with van der Waals surface area (Å²) in [6.07, 6.45) is 1.89. The Morgan fingerprint density at radius 3 is 2.26 bits per heavy atom. The summed E-state index contributed by atoms with van der Waals surface area (Å²) < 4.78 is 0. The van der Waals surface area contributed by atoms with Gasteiger partial charge in [0.15, 0.2) is 0 Å². The SMILES string of the molecule is CC1(CNC(=O)c2cccc(C(=O)O)c2)Cc2ccccc2C1. The lowest BCUT2D eigenvalue weighted by Gasteiger charge is -2.24. The van der Waals surface area contributed by atoms with E-state index >= 15 is 0 Å². The van der Waals surface area contributed by atoms with E-state index in [2.05, 4.69) is 24.4 Å². The van der Waals surface area contributed by atoms with Gasteiger partial charge in [-0.1, -0.05) is 37.3 Å². The molecule has 4 heteroatoms. The van der Waals surface area contributed by atoms with Gasteiger partial charge in [0.2, 0.25) is 0 Å². The first kappa shape index (κ1) is 15.3. The average Bonchev–Trinajstić information content (AvgIpc) is 2.89. The van der Waals surface area contributed by atoms with Crippen LogP contribution in [-0.4, -0.2) is 23.5 Å². The van der Waals surface area contributed by atoms with Crippen LogP contribution in [0.3, 0.4) is 0 Å². The molecule has 0 saturated heterocycles. The van der Waals surface area contributed by atoms with Crippen molar-refractivity contribution < 1.29 is 14.7 Å². The van der Waals surface area contributed by atoms with Crippen molar-refractivity contribution in [2.75, 3.05) is 6.54 Å². The van der Waals surface area contributed by atoms with E-state index < -0.39 is 5.97 Å². The minimum atomic E-state index is -1.03. The quantitative estimate of drug-likeness (QED) is 0.912. The molecule has 1 aliphatic carbocycles. The summed E-state index contributed by atoms with van der Waals surface area (Å²) in [5.41, 5.74) is 3.19. The molecule has 0 heterocycles. The van der Waals surface area contributed by atoms with Gasteiger partial charge in [-0.15, -0.1) is 0 Å². The van der Waals surface area contributed by atoms with Crippen molar-refractivity contribution in [1.29, 1.82) is 0 Å². The molecule has 0 fully saturated rings. The number of hydrogen-bond donors (Lipinski definition) is 2. The number of carboxylic acid groups (broad SMARTS) is 1. The van der Waals surface area contributed by atoms with E-state index in [0.29, 0.717) is 12.1 Å². The molecule has 1 aliphatic rings. The number of hydrogen-bond acceptors (Lipinski definition) is 2. The third kappa shape index (κ3) is 3.26. The van der Waals surface area contributed by atoms with E-state index in [9.17, 15) is 9.59 Å². The van der Waals surface area contributed by atoms with E-state index in [1.807, 2.05) is 12.1 Å². The van der Waals surface area contributed by atoms with Gasteiger partial charge in [0, 0.05) is 12.1 Å². The number of carbonyl (C=O) groups excluding carboxylic acids is 1. The van der Waals surface area contributed by atoms with Crippen molar-refractivity contribution in [2.24, 2.45) is 5.41 Å². The summed E-state index contributed by atoms with van der Waals surface area (Å²) in [5.74, 6) is -1.26. The number of fused-ring (bicyclic) bond motifs is 1.